The first-order valence-electron chi connectivity index (χ1n) is 16.3. The largest absolute Gasteiger partial charge is 0.378 e. The Morgan fingerprint density at radius 1 is 1.05 bits per heavy atom. The quantitative estimate of drug-likeness (QED) is 0.197. The van der Waals surface area contributed by atoms with Crippen LogP contribution in [0.5, 0.6) is 0 Å². The number of rotatable bonds is 9. The van der Waals surface area contributed by atoms with Crippen LogP contribution >= 0.6 is 0 Å². The fourth-order valence-electron chi connectivity index (χ4n) is 8.43. The fourth-order valence-corrected chi connectivity index (χ4v) is 8.43. The molecule has 12 heteroatoms. The summed E-state index contributed by atoms with van der Waals surface area (Å²) in [4.78, 5) is 21.3. The number of nitrogens with one attached hydrogen (secondary N) is 1. The SMILES string of the molecule is CC[N+]1(CC)CC(F)=C=[N+](C)C1C(C(=O)NC1CN(C2CCCCC2)CC(F)C1N1CCN(C2COC2)CC1)C(N)N. The van der Waals surface area contributed by atoms with Crippen LogP contribution in [0.4, 0.5) is 8.78 Å². The van der Waals surface area contributed by atoms with Gasteiger partial charge >= 0.3 is 6.17 Å². The Hall–Kier alpha value is -1.50. The van der Waals surface area contributed by atoms with Gasteiger partial charge in [-0.2, -0.15) is 4.39 Å². The number of nitrogens with two attached hydrogens (primary N) is 2. The maximum Gasteiger partial charge on any atom is 0.303 e. The molecule has 1 aliphatic carbocycles. The van der Waals surface area contributed by atoms with E-state index in [0.29, 0.717) is 42.7 Å². The molecule has 238 valence electrons. The van der Waals surface area contributed by atoms with Crippen molar-refractivity contribution >= 4 is 11.8 Å². The van der Waals surface area contributed by atoms with Gasteiger partial charge in [-0.25, -0.2) is 4.39 Å². The minimum absolute atomic E-state index is 0.142. The molecule has 5 N–H and O–H groups in total. The van der Waals surface area contributed by atoms with Crippen molar-refractivity contribution in [2.24, 2.45) is 17.4 Å². The maximum absolute atomic E-state index is 16.3. The number of quaternary nitrogens is 1. The first-order valence-corrected chi connectivity index (χ1v) is 16.3. The Morgan fingerprint density at radius 3 is 2.26 bits per heavy atom. The number of carbonyl (C=O) groups is 1. The normalized spacial score (nSPS) is 33.1. The van der Waals surface area contributed by atoms with E-state index in [2.05, 4.69) is 25.9 Å². The number of nitrogens with zero attached hydrogens (tertiary/aromatic N) is 5. The highest BCUT2D eigenvalue weighted by molar-refractivity contribution is 5.80. The Balaban J connectivity index is 1.39. The van der Waals surface area contributed by atoms with Crippen LogP contribution in [0.1, 0.15) is 46.0 Å². The molecule has 3 saturated heterocycles. The summed E-state index contributed by atoms with van der Waals surface area (Å²) >= 11 is 0. The Bertz CT molecular complexity index is 1000. The van der Waals surface area contributed by atoms with Gasteiger partial charge in [0.1, 0.15) is 13.2 Å². The predicted molar refractivity (Wildman–Crippen MR) is 158 cm³/mol. The highest BCUT2D eigenvalue weighted by atomic mass is 19.1. The van der Waals surface area contributed by atoms with Crippen molar-refractivity contribution < 1.29 is 27.4 Å². The molecule has 10 nitrogen and oxygen atoms in total. The molecule has 0 bridgehead atoms. The number of halogens is 2. The van der Waals surface area contributed by atoms with Crippen molar-refractivity contribution in [3.05, 3.63) is 5.83 Å². The topological polar surface area (TPSA) is 103 Å². The number of carbonyl (C=O) groups excluding carboxylic acids is 1. The molecule has 5 unspecified atom stereocenters. The van der Waals surface area contributed by atoms with E-state index in [1.54, 1.807) is 11.6 Å². The summed E-state index contributed by atoms with van der Waals surface area (Å²) in [6, 6.07) is -0.0225. The molecule has 0 radical (unpaired) electrons. The van der Waals surface area contributed by atoms with Gasteiger partial charge in [-0.1, -0.05) is 19.3 Å². The first kappa shape index (κ1) is 31.9. The summed E-state index contributed by atoms with van der Waals surface area (Å²) in [7, 11) is 1.74. The summed E-state index contributed by atoms with van der Waals surface area (Å²) in [6.07, 6.45) is 3.17. The third kappa shape index (κ3) is 6.47. The maximum atomic E-state index is 16.3. The summed E-state index contributed by atoms with van der Waals surface area (Å²) in [6.45, 7) is 11.2. The lowest BCUT2D eigenvalue weighted by Gasteiger charge is -2.51. The van der Waals surface area contributed by atoms with E-state index in [1.165, 1.54) is 6.42 Å². The van der Waals surface area contributed by atoms with Gasteiger partial charge in [-0.3, -0.25) is 24.0 Å². The standard InChI is InChI=1S/C30H53F2N8O2/c1-4-40(5-2)18-21(31)15-36(3)30(40)26(28(33)34)29(41)35-25-17-39(22-9-7-6-8-10-22)16-24(32)27(25)38-13-11-37(12-14-38)23-19-42-20-23/h22-28,30H,4-14,16-20,33-34H2,1-3H3/q+1/p+1. The molecule has 4 aliphatic heterocycles. The number of amides is 1. The van der Waals surface area contributed by atoms with Crippen LogP contribution in [0.2, 0.25) is 0 Å². The number of hydrogen-bond acceptors (Lipinski definition) is 7. The van der Waals surface area contributed by atoms with Gasteiger partial charge in [0, 0.05) is 45.3 Å². The molecular weight excluding hydrogens is 542 g/mol. The Morgan fingerprint density at radius 2 is 1.69 bits per heavy atom. The monoisotopic (exact) mass is 596 g/mol. The van der Waals surface area contributed by atoms with Gasteiger partial charge in [0.2, 0.25) is 11.8 Å². The molecule has 1 saturated carbocycles. The second kappa shape index (κ2) is 13.6. The molecule has 0 aromatic heterocycles. The zero-order chi connectivity index (χ0) is 30.0. The van der Waals surface area contributed by atoms with E-state index >= 15 is 4.39 Å². The highest BCUT2D eigenvalue weighted by Gasteiger charge is 2.55. The van der Waals surface area contributed by atoms with Gasteiger partial charge < -0.3 is 21.5 Å². The zero-order valence-corrected chi connectivity index (χ0v) is 25.9. The van der Waals surface area contributed by atoms with Gasteiger partial charge in [-0.05, 0) is 26.7 Å². The van der Waals surface area contributed by atoms with Crippen molar-refractivity contribution in [2.45, 2.75) is 88.6 Å². The second-order valence-corrected chi connectivity index (χ2v) is 13.3. The average molecular weight is 597 g/mol. The molecular formula is C30H54F2N8O2+2. The number of ether oxygens (including phenoxy) is 1. The lowest BCUT2D eigenvalue weighted by atomic mass is 9.88. The molecule has 4 heterocycles. The van der Waals surface area contributed by atoms with Crippen LogP contribution in [-0.2, 0) is 9.53 Å². The molecule has 5 atom stereocenters. The predicted octanol–water partition coefficient (Wildman–Crippen LogP) is 0.0640. The van der Waals surface area contributed by atoms with E-state index in [0.717, 1.165) is 65.1 Å². The van der Waals surface area contributed by atoms with Crippen molar-refractivity contribution in [3.63, 3.8) is 0 Å². The molecule has 4 fully saturated rings. The molecule has 5 aliphatic rings. The third-order valence-corrected chi connectivity index (χ3v) is 11.0. The van der Waals surface area contributed by atoms with Crippen LogP contribution in [0.15, 0.2) is 5.83 Å². The summed E-state index contributed by atoms with van der Waals surface area (Å²) in [5, 5.41) is 3.30. The molecule has 0 aromatic carbocycles. The van der Waals surface area contributed by atoms with E-state index in [1.807, 2.05) is 13.8 Å². The lowest BCUT2D eigenvalue weighted by molar-refractivity contribution is -1.02. The number of piperidine rings is 1. The lowest BCUT2D eigenvalue weighted by Crippen LogP contribution is -2.72. The van der Waals surface area contributed by atoms with Crippen LogP contribution in [0.3, 0.4) is 0 Å². The van der Waals surface area contributed by atoms with Crippen LogP contribution in [0, 0.1) is 5.92 Å². The molecule has 0 aromatic rings. The van der Waals surface area contributed by atoms with Crippen molar-refractivity contribution in [3.8, 4) is 0 Å². The van der Waals surface area contributed by atoms with Gasteiger partial charge in [-0.15, -0.1) is 4.58 Å². The van der Waals surface area contributed by atoms with Crippen LogP contribution < -0.4 is 16.8 Å². The minimum Gasteiger partial charge on any atom is -0.378 e. The Kier molecular flexibility index (Phi) is 10.4. The minimum atomic E-state index is -1.08. The number of hydrogen-bond donors (Lipinski definition) is 3. The summed E-state index contributed by atoms with van der Waals surface area (Å²) in [5.74, 6) is 1.32. The van der Waals surface area contributed by atoms with Crippen molar-refractivity contribution in [1.29, 1.82) is 0 Å². The molecule has 5 rings (SSSR count). The molecule has 0 spiro atoms. The Labute approximate surface area is 250 Å². The van der Waals surface area contributed by atoms with Crippen molar-refractivity contribution in [2.75, 3.05) is 79.2 Å². The number of likely N-dealkylation sites (N-methyl/N-ethyl adjacent to an activating group) is 1. The molecule has 42 heavy (non-hydrogen) atoms. The van der Waals surface area contributed by atoms with Gasteiger partial charge in [0.15, 0.2) is 12.5 Å². The third-order valence-electron chi connectivity index (χ3n) is 11.0. The smallest absolute Gasteiger partial charge is 0.303 e. The number of likely N-dealkylation sites (tertiary alicyclic amines) is 1. The summed E-state index contributed by atoms with van der Waals surface area (Å²) < 4.78 is 38.4. The molecule has 1 amide bonds. The number of piperazine rings is 1. The van der Waals surface area contributed by atoms with E-state index < -0.39 is 36.5 Å². The van der Waals surface area contributed by atoms with E-state index in [9.17, 15) is 9.18 Å². The van der Waals surface area contributed by atoms with Gasteiger partial charge in [0.25, 0.3) is 5.83 Å². The second-order valence-electron chi connectivity index (χ2n) is 13.3. The average Bonchev–Trinajstić information content (AvgIpc) is 2.94. The van der Waals surface area contributed by atoms with E-state index in [4.69, 9.17) is 16.2 Å². The number of alkyl halides is 1. The first-order chi connectivity index (χ1) is 20.2. The fraction of sp³-hybridized carbons (Fsp3) is 0.900. The zero-order valence-electron chi connectivity index (χ0n) is 25.9. The van der Waals surface area contributed by atoms with Crippen LogP contribution in [0.25, 0.3) is 0 Å². The van der Waals surface area contributed by atoms with Crippen molar-refractivity contribution in [1.82, 2.24) is 20.0 Å². The van der Waals surface area contributed by atoms with Crippen LogP contribution in [-0.4, -0.2) is 157 Å². The van der Waals surface area contributed by atoms with Gasteiger partial charge in [0.05, 0.1) is 50.6 Å². The highest BCUT2D eigenvalue weighted by Crippen LogP contribution is 2.31. The summed E-state index contributed by atoms with van der Waals surface area (Å²) in [5.41, 5.74) is 12.7. The van der Waals surface area contributed by atoms with E-state index in [-0.39, 0.29) is 18.3 Å².